The number of anilines is 1. The summed E-state index contributed by atoms with van der Waals surface area (Å²) in [7, 11) is 1.82. The van der Waals surface area contributed by atoms with Crippen molar-refractivity contribution in [1.82, 2.24) is 4.90 Å². The van der Waals surface area contributed by atoms with Gasteiger partial charge in [-0.2, -0.15) is 5.26 Å². The van der Waals surface area contributed by atoms with Crippen molar-refractivity contribution in [3.05, 3.63) is 29.3 Å². The summed E-state index contributed by atoms with van der Waals surface area (Å²) in [6.07, 6.45) is 0. The van der Waals surface area contributed by atoms with Gasteiger partial charge in [-0.15, -0.1) is 0 Å². The summed E-state index contributed by atoms with van der Waals surface area (Å²) >= 11 is 0. The van der Waals surface area contributed by atoms with Gasteiger partial charge in [0.2, 0.25) is 5.91 Å². The zero-order chi connectivity index (χ0) is 15.1. The predicted molar refractivity (Wildman–Crippen MR) is 80.2 cm³/mol. The zero-order valence-electron chi connectivity index (χ0n) is 12.4. The lowest BCUT2D eigenvalue weighted by Gasteiger charge is -2.25. The van der Waals surface area contributed by atoms with E-state index in [0.29, 0.717) is 25.2 Å². The van der Waals surface area contributed by atoms with Crippen LogP contribution in [0.15, 0.2) is 18.2 Å². The standard InChI is InChI=1S/C15H22N4O/c1-4-19(5-2)15(20)11-18(3)14-7-6-12(9-16)8-13(14)10-17/h6-8H,4-5,9,11,16H2,1-3H3. The monoisotopic (exact) mass is 274 g/mol. The number of nitrogens with zero attached hydrogens (tertiary/aromatic N) is 3. The Bertz CT molecular complexity index is 503. The third-order valence-electron chi connectivity index (χ3n) is 3.32. The molecular weight excluding hydrogens is 252 g/mol. The molecule has 5 heteroatoms. The fourth-order valence-electron chi connectivity index (χ4n) is 2.10. The Morgan fingerprint density at radius 3 is 2.50 bits per heavy atom. The third kappa shape index (κ3) is 3.72. The van der Waals surface area contributed by atoms with Gasteiger partial charge in [0.15, 0.2) is 0 Å². The minimum Gasteiger partial charge on any atom is -0.364 e. The van der Waals surface area contributed by atoms with Crippen LogP contribution in [0.25, 0.3) is 0 Å². The van der Waals surface area contributed by atoms with Gasteiger partial charge in [-0.3, -0.25) is 4.79 Å². The second-order valence-corrected chi connectivity index (χ2v) is 4.59. The van der Waals surface area contributed by atoms with E-state index < -0.39 is 0 Å². The maximum absolute atomic E-state index is 12.1. The molecule has 0 fully saturated rings. The van der Waals surface area contributed by atoms with Crippen LogP contribution in [-0.2, 0) is 11.3 Å². The quantitative estimate of drug-likeness (QED) is 0.849. The highest BCUT2D eigenvalue weighted by atomic mass is 16.2. The van der Waals surface area contributed by atoms with E-state index in [0.717, 1.165) is 11.3 Å². The second-order valence-electron chi connectivity index (χ2n) is 4.59. The van der Waals surface area contributed by atoms with E-state index >= 15 is 0 Å². The van der Waals surface area contributed by atoms with Crippen molar-refractivity contribution in [2.75, 3.05) is 31.6 Å². The lowest BCUT2D eigenvalue weighted by Crippen LogP contribution is -2.39. The first-order valence-corrected chi connectivity index (χ1v) is 6.79. The van der Waals surface area contributed by atoms with Crippen molar-refractivity contribution in [1.29, 1.82) is 5.26 Å². The zero-order valence-corrected chi connectivity index (χ0v) is 12.4. The summed E-state index contributed by atoms with van der Waals surface area (Å²) in [6, 6.07) is 7.66. The van der Waals surface area contributed by atoms with Crippen LogP contribution in [0.1, 0.15) is 25.0 Å². The lowest BCUT2D eigenvalue weighted by molar-refractivity contribution is -0.129. The Morgan fingerprint density at radius 2 is 2.00 bits per heavy atom. The molecule has 0 atom stereocenters. The fraction of sp³-hybridized carbons (Fsp3) is 0.467. The number of likely N-dealkylation sites (N-methyl/N-ethyl adjacent to an activating group) is 2. The highest BCUT2D eigenvalue weighted by molar-refractivity contribution is 5.82. The summed E-state index contributed by atoms with van der Waals surface area (Å²) in [5.41, 5.74) is 7.78. The molecule has 0 aromatic heterocycles. The normalized spacial score (nSPS) is 9.95. The highest BCUT2D eigenvalue weighted by Gasteiger charge is 2.15. The van der Waals surface area contributed by atoms with Crippen LogP contribution in [-0.4, -0.2) is 37.5 Å². The SMILES string of the molecule is CCN(CC)C(=O)CN(C)c1ccc(CN)cc1C#N. The number of hydrogen-bond acceptors (Lipinski definition) is 4. The minimum atomic E-state index is 0.0595. The van der Waals surface area contributed by atoms with E-state index in [9.17, 15) is 10.1 Å². The molecule has 0 aliphatic carbocycles. The average molecular weight is 274 g/mol. The number of amides is 1. The molecule has 0 saturated carbocycles. The Labute approximate surface area is 120 Å². The van der Waals surface area contributed by atoms with Gasteiger partial charge in [0.1, 0.15) is 6.07 Å². The molecule has 1 amide bonds. The van der Waals surface area contributed by atoms with E-state index in [2.05, 4.69) is 6.07 Å². The summed E-state index contributed by atoms with van der Waals surface area (Å²) < 4.78 is 0. The molecule has 0 heterocycles. The van der Waals surface area contributed by atoms with E-state index in [-0.39, 0.29) is 12.5 Å². The van der Waals surface area contributed by atoms with Gasteiger partial charge >= 0.3 is 0 Å². The molecule has 20 heavy (non-hydrogen) atoms. The molecule has 2 N–H and O–H groups in total. The number of benzene rings is 1. The van der Waals surface area contributed by atoms with Crippen molar-refractivity contribution in [2.24, 2.45) is 5.73 Å². The fourth-order valence-corrected chi connectivity index (χ4v) is 2.10. The molecule has 0 aliphatic heterocycles. The van der Waals surface area contributed by atoms with Crippen LogP contribution in [0.3, 0.4) is 0 Å². The Kier molecular flexibility index (Phi) is 6.01. The van der Waals surface area contributed by atoms with E-state index in [1.54, 1.807) is 15.9 Å². The molecule has 1 rings (SSSR count). The molecule has 1 aromatic rings. The average Bonchev–Trinajstić information content (AvgIpc) is 2.47. The molecule has 0 saturated heterocycles. The van der Waals surface area contributed by atoms with Crippen LogP contribution in [0.5, 0.6) is 0 Å². The van der Waals surface area contributed by atoms with Crippen LogP contribution in [0.2, 0.25) is 0 Å². The van der Waals surface area contributed by atoms with Crippen LogP contribution in [0, 0.1) is 11.3 Å². The molecule has 0 unspecified atom stereocenters. The topological polar surface area (TPSA) is 73.4 Å². The van der Waals surface area contributed by atoms with Gasteiger partial charge < -0.3 is 15.5 Å². The first-order valence-electron chi connectivity index (χ1n) is 6.79. The summed E-state index contributed by atoms with van der Waals surface area (Å²) in [5, 5.41) is 9.21. The molecule has 5 nitrogen and oxygen atoms in total. The summed E-state index contributed by atoms with van der Waals surface area (Å²) in [6.45, 7) is 5.96. The number of nitrogens with two attached hydrogens (primary N) is 1. The summed E-state index contributed by atoms with van der Waals surface area (Å²) in [5.74, 6) is 0.0595. The summed E-state index contributed by atoms with van der Waals surface area (Å²) in [4.78, 5) is 15.7. The lowest BCUT2D eigenvalue weighted by atomic mass is 10.1. The van der Waals surface area contributed by atoms with Crippen molar-refractivity contribution in [3.63, 3.8) is 0 Å². The van der Waals surface area contributed by atoms with Crippen molar-refractivity contribution in [2.45, 2.75) is 20.4 Å². The predicted octanol–water partition coefficient (Wildman–Crippen LogP) is 1.32. The highest BCUT2D eigenvalue weighted by Crippen LogP contribution is 2.20. The van der Waals surface area contributed by atoms with Gasteiger partial charge in [-0.25, -0.2) is 0 Å². The number of carbonyl (C=O) groups excluding carboxylic acids is 1. The molecule has 0 bridgehead atoms. The van der Waals surface area contributed by atoms with Crippen LogP contribution >= 0.6 is 0 Å². The number of nitriles is 1. The van der Waals surface area contributed by atoms with Gasteiger partial charge in [-0.05, 0) is 31.5 Å². The maximum Gasteiger partial charge on any atom is 0.242 e. The van der Waals surface area contributed by atoms with Gasteiger partial charge in [0.05, 0.1) is 17.8 Å². The van der Waals surface area contributed by atoms with Gasteiger partial charge in [0, 0.05) is 26.7 Å². The molecular formula is C15H22N4O. The van der Waals surface area contributed by atoms with Gasteiger partial charge in [0.25, 0.3) is 0 Å². The second kappa shape index (κ2) is 7.51. The minimum absolute atomic E-state index is 0.0595. The first kappa shape index (κ1) is 16.0. The van der Waals surface area contributed by atoms with E-state index in [1.807, 2.05) is 33.0 Å². The van der Waals surface area contributed by atoms with Crippen molar-refractivity contribution < 1.29 is 4.79 Å². The van der Waals surface area contributed by atoms with Gasteiger partial charge in [-0.1, -0.05) is 6.07 Å². The van der Waals surface area contributed by atoms with E-state index in [1.165, 1.54) is 0 Å². The molecule has 0 aliphatic rings. The first-order chi connectivity index (χ1) is 9.57. The molecule has 108 valence electrons. The third-order valence-corrected chi connectivity index (χ3v) is 3.32. The Balaban J connectivity index is 2.90. The number of carbonyl (C=O) groups is 1. The molecule has 1 aromatic carbocycles. The smallest absolute Gasteiger partial charge is 0.242 e. The maximum atomic E-state index is 12.1. The van der Waals surface area contributed by atoms with Crippen LogP contribution in [0.4, 0.5) is 5.69 Å². The molecule has 0 radical (unpaired) electrons. The van der Waals surface area contributed by atoms with Crippen molar-refractivity contribution >= 4 is 11.6 Å². The Morgan fingerprint density at radius 1 is 1.35 bits per heavy atom. The van der Waals surface area contributed by atoms with E-state index in [4.69, 9.17) is 5.73 Å². The Hall–Kier alpha value is -2.06. The largest absolute Gasteiger partial charge is 0.364 e. The van der Waals surface area contributed by atoms with Crippen molar-refractivity contribution in [3.8, 4) is 6.07 Å². The number of hydrogen-bond donors (Lipinski definition) is 1. The number of rotatable bonds is 6. The molecule has 0 spiro atoms. The van der Waals surface area contributed by atoms with Crippen LogP contribution < -0.4 is 10.6 Å².